The van der Waals surface area contributed by atoms with Crippen molar-refractivity contribution in [2.75, 3.05) is 6.61 Å². The summed E-state index contributed by atoms with van der Waals surface area (Å²) in [5, 5.41) is 38.4. The molecule has 2 heterocycles. The Bertz CT molecular complexity index is 709. The first-order chi connectivity index (χ1) is 10.8. The first-order valence-electron chi connectivity index (χ1n) is 6.78. The lowest BCUT2D eigenvalue weighted by Gasteiger charge is -2.48. The van der Waals surface area contributed by atoms with Crippen molar-refractivity contribution in [2.24, 2.45) is 0 Å². The van der Waals surface area contributed by atoms with Crippen molar-refractivity contribution in [3.05, 3.63) is 30.5 Å². The Morgan fingerprint density at radius 2 is 2.04 bits per heavy atom. The van der Waals surface area contributed by atoms with Crippen LogP contribution in [0.5, 0.6) is 5.75 Å². The summed E-state index contributed by atoms with van der Waals surface area (Å²) in [5.41, 5.74) is 0.810. The molecule has 9 heteroatoms. The first-order valence-corrected chi connectivity index (χ1v) is 7.95. The van der Waals surface area contributed by atoms with Crippen LogP contribution >= 0.6 is 27.5 Å². The van der Waals surface area contributed by atoms with Gasteiger partial charge in [-0.05, 0) is 28.1 Å². The lowest BCUT2D eigenvalue weighted by Crippen LogP contribution is -2.69. The monoisotopic (exact) mass is 407 g/mol. The lowest BCUT2D eigenvalue weighted by atomic mass is 9.98. The van der Waals surface area contributed by atoms with Gasteiger partial charge in [-0.2, -0.15) is 0 Å². The van der Waals surface area contributed by atoms with Crippen LogP contribution in [0.3, 0.4) is 0 Å². The van der Waals surface area contributed by atoms with E-state index in [1.165, 1.54) is 0 Å². The molecule has 0 amide bonds. The molecule has 7 nitrogen and oxygen atoms in total. The number of rotatable bonds is 3. The maximum Gasteiger partial charge on any atom is 0.230 e. The zero-order valence-corrected chi connectivity index (χ0v) is 14.0. The van der Waals surface area contributed by atoms with E-state index in [-0.39, 0.29) is 0 Å². The van der Waals surface area contributed by atoms with Gasteiger partial charge in [0.1, 0.15) is 18.0 Å². The highest BCUT2D eigenvalue weighted by Gasteiger charge is 2.63. The largest absolute Gasteiger partial charge is 0.460 e. The summed E-state index contributed by atoms with van der Waals surface area (Å²) >= 11 is 8.83. The summed E-state index contributed by atoms with van der Waals surface area (Å²) in [4.78, 5) is 2.99. The molecule has 1 aliphatic rings. The van der Waals surface area contributed by atoms with E-state index < -0.39 is 34.7 Å². The Morgan fingerprint density at radius 1 is 1.35 bits per heavy atom. The number of para-hydroxylation sites is 1. The van der Waals surface area contributed by atoms with Crippen LogP contribution in [0.1, 0.15) is 0 Å². The lowest BCUT2D eigenvalue weighted by molar-refractivity contribution is -0.300. The number of H-pyrrole nitrogens is 1. The number of fused-ring (bicyclic) bond motifs is 1. The summed E-state index contributed by atoms with van der Waals surface area (Å²) in [6.45, 7) is -0.826. The molecule has 1 aliphatic heterocycles. The van der Waals surface area contributed by atoms with Crippen molar-refractivity contribution in [2.45, 2.75) is 28.1 Å². The van der Waals surface area contributed by atoms with Gasteiger partial charge in [0.25, 0.3) is 0 Å². The molecule has 1 aromatic heterocycles. The number of hydrogen-bond acceptors (Lipinski definition) is 6. The smallest absolute Gasteiger partial charge is 0.230 e. The van der Waals surface area contributed by atoms with E-state index >= 15 is 0 Å². The molecule has 23 heavy (non-hydrogen) atoms. The number of aromatic nitrogens is 1. The van der Waals surface area contributed by atoms with Gasteiger partial charge in [0, 0.05) is 17.1 Å². The van der Waals surface area contributed by atoms with Crippen LogP contribution in [-0.4, -0.2) is 60.1 Å². The maximum absolute atomic E-state index is 10.2. The number of aliphatic hydroxyl groups is 4. The molecule has 0 saturated carbocycles. The minimum absolute atomic E-state index is 0.369. The quantitative estimate of drug-likeness (QED) is 0.476. The molecule has 1 fully saturated rings. The van der Waals surface area contributed by atoms with Gasteiger partial charge in [-0.15, -0.1) is 0 Å². The SMILES string of the molecule is OC[C@@]1(Cl)O[C@@H](Oc2c[nH]c3ccccc23)[C@H](O)[C@@H](O)[C@]1(O)Br. The molecular weight excluding hydrogens is 394 g/mol. The second-order valence-electron chi connectivity index (χ2n) is 5.30. The van der Waals surface area contributed by atoms with E-state index in [1.807, 2.05) is 18.2 Å². The van der Waals surface area contributed by atoms with Crippen LogP contribution in [0.25, 0.3) is 10.9 Å². The predicted molar refractivity (Wildman–Crippen MR) is 85.4 cm³/mol. The molecular formula is C14H15BrClNO6. The van der Waals surface area contributed by atoms with Gasteiger partial charge in [0.05, 0.1) is 6.61 Å². The summed E-state index contributed by atoms with van der Waals surface area (Å²) in [6.07, 6.45) is -3.19. The van der Waals surface area contributed by atoms with Crippen molar-refractivity contribution in [1.29, 1.82) is 0 Å². The standard InChI is InChI=1S/C14H15BrClNO6/c15-14(21)11(20)10(19)12(23-13(14,16)6-18)22-9-5-17-8-4-2-1-3-7(8)9/h1-5,10-12,17-21H,6H2/t10-,11-,12-,13-,14-/m1/s1. The van der Waals surface area contributed by atoms with Gasteiger partial charge in [0.2, 0.25) is 11.4 Å². The number of aromatic amines is 1. The maximum atomic E-state index is 10.2. The minimum Gasteiger partial charge on any atom is -0.460 e. The van der Waals surface area contributed by atoms with Crippen LogP contribution in [0.4, 0.5) is 0 Å². The summed E-state index contributed by atoms with van der Waals surface area (Å²) < 4.78 is 8.65. The fourth-order valence-corrected chi connectivity index (χ4v) is 3.13. The molecule has 3 rings (SSSR count). The van der Waals surface area contributed by atoms with Gasteiger partial charge < -0.3 is 34.9 Å². The Kier molecular flexibility index (Phi) is 4.35. The highest BCUT2D eigenvalue weighted by molar-refractivity contribution is 9.10. The molecule has 1 aromatic carbocycles. The van der Waals surface area contributed by atoms with E-state index in [1.54, 1.807) is 12.3 Å². The number of alkyl halides is 2. The molecule has 2 aromatic rings. The zero-order valence-electron chi connectivity index (χ0n) is 11.7. The van der Waals surface area contributed by atoms with Gasteiger partial charge in [-0.25, -0.2) is 0 Å². The first kappa shape index (κ1) is 17.0. The van der Waals surface area contributed by atoms with Crippen LogP contribution in [-0.2, 0) is 4.74 Å². The van der Waals surface area contributed by atoms with Crippen LogP contribution in [0.15, 0.2) is 30.5 Å². The third-order valence-corrected chi connectivity index (χ3v) is 5.65. The number of benzene rings is 1. The second kappa shape index (κ2) is 5.89. The molecule has 0 spiro atoms. The fraction of sp³-hybridized carbons (Fsp3) is 0.429. The third kappa shape index (κ3) is 2.64. The Balaban J connectivity index is 1.91. The summed E-state index contributed by atoms with van der Waals surface area (Å²) in [7, 11) is 0. The van der Waals surface area contributed by atoms with Gasteiger partial charge >= 0.3 is 0 Å². The van der Waals surface area contributed by atoms with E-state index in [0.717, 1.165) is 10.9 Å². The van der Waals surface area contributed by atoms with Gasteiger partial charge in [-0.1, -0.05) is 23.7 Å². The predicted octanol–water partition coefficient (Wildman–Crippen LogP) is 0.636. The van der Waals surface area contributed by atoms with Crippen LogP contribution in [0.2, 0.25) is 0 Å². The molecule has 0 unspecified atom stereocenters. The molecule has 126 valence electrons. The third-order valence-electron chi connectivity index (χ3n) is 3.82. The molecule has 0 bridgehead atoms. The van der Waals surface area contributed by atoms with Crippen molar-refractivity contribution in [1.82, 2.24) is 4.98 Å². The van der Waals surface area contributed by atoms with Crippen molar-refractivity contribution < 1.29 is 29.9 Å². The number of nitrogens with one attached hydrogen (secondary N) is 1. The Morgan fingerprint density at radius 3 is 2.74 bits per heavy atom. The number of aliphatic hydroxyl groups excluding tert-OH is 3. The molecule has 5 atom stereocenters. The fourth-order valence-electron chi connectivity index (χ4n) is 2.44. The van der Waals surface area contributed by atoms with E-state index in [0.29, 0.717) is 5.75 Å². The van der Waals surface area contributed by atoms with E-state index in [4.69, 9.17) is 21.1 Å². The topological polar surface area (TPSA) is 115 Å². The molecule has 1 saturated heterocycles. The number of hydrogen-bond donors (Lipinski definition) is 5. The van der Waals surface area contributed by atoms with E-state index in [2.05, 4.69) is 20.9 Å². The highest BCUT2D eigenvalue weighted by Crippen LogP contribution is 2.45. The highest BCUT2D eigenvalue weighted by atomic mass is 79.9. The summed E-state index contributed by atoms with van der Waals surface area (Å²) in [5.74, 6) is 0.369. The Hall–Kier alpha value is -0.870. The van der Waals surface area contributed by atoms with E-state index in [9.17, 15) is 20.4 Å². The van der Waals surface area contributed by atoms with Crippen molar-refractivity contribution in [3.63, 3.8) is 0 Å². The average Bonchev–Trinajstić information content (AvgIpc) is 2.94. The van der Waals surface area contributed by atoms with Gasteiger partial charge in [0.15, 0.2) is 4.51 Å². The average molecular weight is 409 g/mol. The molecule has 0 aliphatic carbocycles. The van der Waals surface area contributed by atoms with Crippen LogP contribution < -0.4 is 4.74 Å². The van der Waals surface area contributed by atoms with Crippen molar-refractivity contribution >= 4 is 38.4 Å². The molecule has 5 N–H and O–H groups in total. The number of ether oxygens (including phenoxy) is 2. The van der Waals surface area contributed by atoms with Crippen LogP contribution in [0, 0.1) is 0 Å². The molecule has 0 radical (unpaired) electrons. The summed E-state index contributed by atoms with van der Waals surface area (Å²) in [6, 6.07) is 7.30. The van der Waals surface area contributed by atoms with Crippen molar-refractivity contribution in [3.8, 4) is 5.75 Å². The second-order valence-corrected chi connectivity index (χ2v) is 7.12. The number of halogens is 2. The normalized spacial score (nSPS) is 37.9. The van der Waals surface area contributed by atoms with Gasteiger partial charge in [-0.3, -0.25) is 0 Å². The minimum atomic E-state index is -2.25. The Labute approximate surface area is 144 Å². The zero-order chi connectivity index (χ0) is 16.8.